The lowest BCUT2D eigenvalue weighted by Crippen LogP contribution is -2.35. The maximum absolute atomic E-state index is 12.5. The lowest BCUT2D eigenvalue weighted by Gasteiger charge is -2.11. The summed E-state index contributed by atoms with van der Waals surface area (Å²) in [6, 6.07) is 21.7. The first kappa shape index (κ1) is 22.0. The Morgan fingerprint density at radius 2 is 1.58 bits per heavy atom. The van der Waals surface area contributed by atoms with Crippen LogP contribution in [0.5, 0.6) is 5.75 Å². The van der Waals surface area contributed by atoms with Gasteiger partial charge in [-0.2, -0.15) is 0 Å². The van der Waals surface area contributed by atoms with Gasteiger partial charge in [0, 0.05) is 16.9 Å². The van der Waals surface area contributed by atoms with E-state index in [0.29, 0.717) is 11.3 Å². The number of thiocarbonyl (C=S) groups is 1. The molecule has 0 aliphatic heterocycles. The molecule has 3 aromatic rings. The van der Waals surface area contributed by atoms with E-state index in [1.54, 1.807) is 43.5 Å². The highest BCUT2D eigenvalue weighted by atomic mass is 32.1. The van der Waals surface area contributed by atoms with Crippen molar-refractivity contribution in [1.29, 1.82) is 0 Å². The van der Waals surface area contributed by atoms with E-state index >= 15 is 0 Å². The van der Waals surface area contributed by atoms with Crippen LogP contribution in [0.1, 0.15) is 21.5 Å². The Morgan fingerprint density at radius 1 is 0.903 bits per heavy atom. The SMILES string of the molecule is COc1ccc(CC(=O)NC(=S)Nc2cccc(C(=O)Nc3cccc(C)c3)c2)cc1. The van der Waals surface area contributed by atoms with Crippen molar-refractivity contribution < 1.29 is 14.3 Å². The molecule has 158 valence electrons. The summed E-state index contributed by atoms with van der Waals surface area (Å²) in [6.45, 7) is 1.96. The Kier molecular flexibility index (Phi) is 7.35. The third-order valence-corrected chi connectivity index (χ3v) is 4.64. The quantitative estimate of drug-likeness (QED) is 0.505. The summed E-state index contributed by atoms with van der Waals surface area (Å²) in [7, 11) is 1.59. The molecule has 3 aromatic carbocycles. The Morgan fingerprint density at radius 3 is 2.26 bits per heavy atom. The first-order valence-electron chi connectivity index (χ1n) is 9.65. The summed E-state index contributed by atoms with van der Waals surface area (Å²) in [5, 5.41) is 8.63. The molecule has 0 aromatic heterocycles. The van der Waals surface area contributed by atoms with E-state index in [0.717, 1.165) is 22.6 Å². The molecule has 31 heavy (non-hydrogen) atoms. The van der Waals surface area contributed by atoms with E-state index in [2.05, 4.69) is 16.0 Å². The van der Waals surface area contributed by atoms with Crippen LogP contribution in [0.2, 0.25) is 0 Å². The number of hydrogen-bond acceptors (Lipinski definition) is 4. The Labute approximate surface area is 186 Å². The number of carbonyl (C=O) groups excluding carboxylic acids is 2. The fourth-order valence-corrected chi connectivity index (χ4v) is 3.16. The lowest BCUT2D eigenvalue weighted by molar-refractivity contribution is -0.119. The lowest BCUT2D eigenvalue weighted by atomic mass is 10.1. The highest BCUT2D eigenvalue weighted by Gasteiger charge is 2.10. The van der Waals surface area contributed by atoms with Crippen LogP contribution < -0.4 is 20.7 Å². The molecule has 0 unspecified atom stereocenters. The molecule has 0 heterocycles. The molecule has 6 nitrogen and oxygen atoms in total. The van der Waals surface area contributed by atoms with Crippen molar-refractivity contribution in [2.75, 3.05) is 17.7 Å². The normalized spacial score (nSPS) is 10.1. The molecular weight excluding hydrogens is 410 g/mol. The average molecular weight is 434 g/mol. The number of amides is 2. The summed E-state index contributed by atoms with van der Waals surface area (Å²) in [4.78, 5) is 24.8. The minimum Gasteiger partial charge on any atom is -0.497 e. The van der Waals surface area contributed by atoms with Crippen LogP contribution in [0.25, 0.3) is 0 Å². The number of anilines is 2. The predicted octanol–water partition coefficient (Wildman–Crippen LogP) is 4.31. The molecule has 0 aliphatic carbocycles. The molecular formula is C24H23N3O3S. The first-order chi connectivity index (χ1) is 14.9. The van der Waals surface area contributed by atoms with Crippen LogP contribution in [0.3, 0.4) is 0 Å². The molecule has 0 bridgehead atoms. The number of hydrogen-bond donors (Lipinski definition) is 3. The van der Waals surface area contributed by atoms with Crippen LogP contribution in [0.4, 0.5) is 11.4 Å². The van der Waals surface area contributed by atoms with E-state index in [4.69, 9.17) is 17.0 Å². The van der Waals surface area contributed by atoms with Crippen LogP contribution in [-0.4, -0.2) is 24.0 Å². The Hall–Kier alpha value is -3.71. The molecule has 0 saturated carbocycles. The van der Waals surface area contributed by atoms with E-state index < -0.39 is 0 Å². The molecule has 0 fully saturated rings. The molecule has 0 aliphatic rings. The van der Waals surface area contributed by atoms with Gasteiger partial charge in [-0.1, -0.05) is 30.3 Å². The van der Waals surface area contributed by atoms with Gasteiger partial charge in [0.1, 0.15) is 5.75 Å². The number of carbonyl (C=O) groups is 2. The molecule has 7 heteroatoms. The zero-order valence-corrected chi connectivity index (χ0v) is 18.1. The number of benzene rings is 3. The number of methoxy groups -OCH3 is 1. The van der Waals surface area contributed by atoms with Crippen LogP contribution in [0.15, 0.2) is 72.8 Å². The second-order valence-electron chi connectivity index (χ2n) is 6.93. The smallest absolute Gasteiger partial charge is 0.255 e. The minimum atomic E-state index is -0.240. The molecule has 3 N–H and O–H groups in total. The van der Waals surface area contributed by atoms with Gasteiger partial charge in [0.25, 0.3) is 5.91 Å². The van der Waals surface area contributed by atoms with Gasteiger partial charge in [0.2, 0.25) is 5.91 Å². The summed E-state index contributed by atoms with van der Waals surface area (Å²) >= 11 is 5.23. The molecule has 0 saturated heterocycles. The highest BCUT2D eigenvalue weighted by Crippen LogP contribution is 2.15. The van der Waals surface area contributed by atoms with Crippen molar-refractivity contribution in [1.82, 2.24) is 5.32 Å². The summed E-state index contributed by atoms with van der Waals surface area (Å²) in [5.41, 5.74) is 3.70. The number of aryl methyl sites for hydroxylation is 1. The monoisotopic (exact) mass is 433 g/mol. The van der Waals surface area contributed by atoms with E-state index in [9.17, 15) is 9.59 Å². The van der Waals surface area contributed by atoms with Gasteiger partial charge in [0.05, 0.1) is 13.5 Å². The summed E-state index contributed by atoms with van der Waals surface area (Å²) < 4.78 is 5.11. The van der Waals surface area contributed by atoms with Crippen molar-refractivity contribution in [3.05, 3.63) is 89.5 Å². The third kappa shape index (κ3) is 6.65. The number of rotatable bonds is 6. The van der Waals surface area contributed by atoms with Gasteiger partial charge in [-0.25, -0.2) is 0 Å². The van der Waals surface area contributed by atoms with Gasteiger partial charge in [-0.05, 0) is 72.7 Å². The molecule has 0 radical (unpaired) electrons. The maximum atomic E-state index is 12.5. The van der Waals surface area contributed by atoms with Gasteiger partial charge in [-0.15, -0.1) is 0 Å². The number of ether oxygens (including phenoxy) is 1. The molecule has 2 amide bonds. The predicted molar refractivity (Wildman–Crippen MR) is 127 cm³/mol. The van der Waals surface area contributed by atoms with Crippen molar-refractivity contribution in [3.8, 4) is 5.75 Å². The standard InChI is InChI=1S/C24H23N3O3S/c1-16-5-3-7-19(13-16)25-23(29)18-6-4-8-20(15-18)26-24(31)27-22(28)14-17-9-11-21(30-2)12-10-17/h3-13,15H,14H2,1-2H3,(H,25,29)(H2,26,27,28,31). The van der Waals surface area contributed by atoms with Crippen molar-refractivity contribution in [2.24, 2.45) is 0 Å². The van der Waals surface area contributed by atoms with Crippen molar-refractivity contribution in [3.63, 3.8) is 0 Å². The largest absolute Gasteiger partial charge is 0.497 e. The van der Waals surface area contributed by atoms with E-state index in [1.807, 2.05) is 43.3 Å². The number of nitrogens with one attached hydrogen (secondary N) is 3. The topological polar surface area (TPSA) is 79.5 Å². The third-order valence-electron chi connectivity index (χ3n) is 4.44. The molecule has 0 spiro atoms. The maximum Gasteiger partial charge on any atom is 0.255 e. The minimum absolute atomic E-state index is 0.162. The molecule has 0 atom stereocenters. The molecule has 3 rings (SSSR count). The van der Waals surface area contributed by atoms with Gasteiger partial charge < -0.3 is 20.7 Å². The summed E-state index contributed by atoms with van der Waals surface area (Å²) in [6.07, 6.45) is 0.185. The first-order valence-corrected chi connectivity index (χ1v) is 10.1. The zero-order chi connectivity index (χ0) is 22.2. The van der Waals surface area contributed by atoms with Gasteiger partial charge in [0.15, 0.2) is 5.11 Å². The average Bonchev–Trinajstić information content (AvgIpc) is 2.74. The van der Waals surface area contributed by atoms with Crippen LogP contribution >= 0.6 is 12.2 Å². The van der Waals surface area contributed by atoms with Crippen molar-refractivity contribution >= 4 is 40.5 Å². The van der Waals surface area contributed by atoms with Gasteiger partial charge in [-0.3, -0.25) is 9.59 Å². The zero-order valence-electron chi connectivity index (χ0n) is 17.3. The summed E-state index contributed by atoms with van der Waals surface area (Å²) in [5.74, 6) is 0.257. The highest BCUT2D eigenvalue weighted by molar-refractivity contribution is 7.80. The van der Waals surface area contributed by atoms with Crippen molar-refractivity contribution in [2.45, 2.75) is 13.3 Å². The second kappa shape index (κ2) is 10.4. The van der Waals surface area contributed by atoms with Crippen LogP contribution in [-0.2, 0) is 11.2 Å². The van der Waals surface area contributed by atoms with Gasteiger partial charge >= 0.3 is 0 Å². The fourth-order valence-electron chi connectivity index (χ4n) is 2.93. The Balaban J connectivity index is 1.56. The Bertz CT molecular complexity index is 1100. The second-order valence-corrected chi connectivity index (χ2v) is 7.34. The fraction of sp³-hybridized carbons (Fsp3) is 0.125. The van der Waals surface area contributed by atoms with E-state index in [1.165, 1.54) is 0 Å². The van der Waals surface area contributed by atoms with Crippen LogP contribution in [0, 0.1) is 6.92 Å². The van der Waals surface area contributed by atoms with E-state index in [-0.39, 0.29) is 23.3 Å².